The number of ether oxygens (including phenoxy) is 2. The first-order chi connectivity index (χ1) is 12.7. The van der Waals surface area contributed by atoms with Gasteiger partial charge in [0.2, 0.25) is 0 Å². The number of fused-ring (bicyclic) bond motifs is 2. The third kappa shape index (κ3) is 2.88. The van der Waals surface area contributed by atoms with Gasteiger partial charge in [0.1, 0.15) is 5.75 Å². The predicted molar refractivity (Wildman–Crippen MR) is 101 cm³/mol. The summed E-state index contributed by atoms with van der Waals surface area (Å²) in [6.45, 7) is 0. The highest BCUT2D eigenvalue weighted by atomic mass is 16.5. The maximum Gasteiger partial charge on any atom is 0.161 e. The Kier molecular flexibility index (Phi) is 4.05. The van der Waals surface area contributed by atoms with E-state index in [4.69, 9.17) is 9.47 Å². The molecule has 2 heterocycles. The number of phenols is 1. The molecular formula is C21H18N2O3. The largest absolute Gasteiger partial charge is 0.508 e. The summed E-state index contributed by atoms with van der Waals surface area (Å²) >= 11 is 0. The Hall–Kier alpha value is -3.34. The predicted octanol–water partition coefficient (Wildman–Crippen LogP) is 4.10. The number of methoxy groups -OCH3 is 2. The molecule has 130 valence electrons. The van der Waals surface area contributed by atoms with E-state index in [0.29, 0.717) is 17.9 Å². The summed E-state index contributed by atoms with van der Waals surface area (Å²) in [5.74, 6) is 1.61. The number of hydrogen-bond acceptors (Lipinski definition) is 5. The molecule has 0 radical (unpaired) electrons. The van der Waals surface area contributed by atoms with Crippen molar-refractivity contribution in [1.29, 1.82) is 0 Å². The fourth-order valence-electron chi connectivity index (χ4n) is 3.18. The number of pyridine rings is 2. The summed E-state index contributed by atoms with van der Waals surface area (Å²) in [5.41, 5.74) is 2.98. The number of phenolic OH excluding ortho intramolecular Hbond substituents is 1. The Morgan fingerprint density at radius 1 is 0.885 bits per heavy atom. The van der Waals surface area contributed by atoms with E-state index >= 15 is 0 Å². The van der Waals surface area contributed by atoms with Crippen molar-refractivity contribution in [2.45, 2.75) is 6.42 Å². The second-order valence-electron chi connectivity index (χ2n) is 6.12. The zero-order valence-electron chi connectivity index (χ0n) is 14.6. The molecule has 4 rings (SSSR count). The van der Waals surface area contributed by atoms with Gasteiger partial charge in [-0.1, -0.05) is 0 Å². The standard InChI is InChI=1S/C21H18N2O3/c1-25-20-8-16-12-22-11-15(18(16)9-21(20)26-2)6-13-5-14-7-17(24)3-4-19(14)23-10-13/h3-5,7-12,24H,6H2,1-2H3. The molecule has 0 aliphatic heterocycles. The quantitative estimate of drug-likeness (QED) is 0.603. The Morgan fingerprint density at radius 3 is 2.50 bits per heavy atom. The zero-order valence-corrected chi connectivity index (χ0v) is 14.6. The number of hydrogen-bond donors (Lipinski definition) is 1. The summed E-state index contributed by atoms with van der Waals surface area (Å²) in [5, 5.41) is 12.7. The molecule has 5 nitrogen and oxygen atoms in total. The van der Waals surface area contributed by atoms with Crippen molar-refractivity contribution in [3.63, 3.8) is 0 Å². The van der Waals surface area contributed by atoms with Gasteiger partial charge in [0.05, 0.1) is 19.7 Å². The van der Waals surface area contributed by atoms with Crippen LogP contribution in [0.5, 0.6) is 17.2 Å². The van der Waals surface area contributed by atoms with Gasteiger partial charge in [-0.2, -0.15) is 0 Å². The molecule has 0 unspecified atom stereocenters. The Labute approximate surface area is 150 Å². The molecular weight excluding hydrogens is 328 g/mol. The molecule has 0 amide bonds. The van der Waals surface area contributed by atoms with Crippen molar-refractivity contribution >= 4 is 21.7 Å². The van der Waals surface area contributed by atoms with Crippen LogP contribution in [-0.4, -0.2) is 29.3 Å². The van der Waals surface area contributed by atoms with Crippen LogP contribution in [0, 0.1) is 0 Å². The van der Waals surface area contributed by atoms with Crippen LogP contribution < -0.4 is 9.47 Å². The van der Waals surface area contributed by atoms with Crippen LogP contribution in [0.2, 0.25) is 0 Å². The van der Waals surface area contributed by atoms with Crippen molar-refractivity contribution in [2.24, 2.45) is 0 Å². The van der Waals surface area contributed by atoms with Crippen molar-refractivity contribution < 1.29 is 14.6 Å². The fraction of sp³-hybridized carbons (Fsp3) is 0.143. The van der Waals surface area contributed by atoms with E-state index in [2.05, 4.69) is 9.97 Å². The van der Waals surface area contributed by atoms with Gasteiger partial charge in [0.15, 0.2) is 11.5 Å². The second kappa shape index (κ2) is 6.52. The van der Waals surface area contributed by atoms with Crippen molar-refractivity contribution in [2.75, 3.05) is 14.2 Å². The lowest BCUT2D eigenvalue weighted by Gasteiger charge is -2.12. The van der Waals surface area contributed by atoms with E-state index in [-0.39, 0.29) is 5.75 Å². The van der Waals surface area contributed by atoms with E-state index < -0.39 is 0 Å². The highest BCUT2D eigenvalue weighted by molar-refractivity contribution is 5.88. The maximum absolute atomic E-state index is 9.70. The number of nitrogens with zero attached hydrogens (tertiary/aromatic N) is 2. The third-order valence-corrected chi connectivity index (χ3v) is 4.46. The first-order valence-corrected chi connectivity index (χ1v) is 8.24. The molecule has 26 heavy (non-hydrogen) atoms. The lowest BCUT2D eigenvalue weighted by molar-refractivity contribution is 0.356. The van der Waals surface area contributed by atoms with Gasteiger partial charge in [0.25, 0.3) is 0 Å². The minimum atomic E-state index is 0.236. The highest BCUT2D eigenvalue weighted by Gasteiger charge is 2.10. The van der Waals surface area contributed by atoms with Crippen LogP contribution in [0.4, 0.5) is 0 Å². The normalized spacial score (nSPS) is 11.0. The van der Waals surface area contributed by atoms with Crippen LogP contribution in [0.15, 0.2) is 55.0 Å². The van der Waals surface area contributed by atoms with Gasteiger partial charge in [-0.25, -0.2) is 0 Å². The monoisotopic (exact) mass is 346 g/mol. The summed E-state index contributed by atoms with van der Waals surface area (Å²) in [7, 11) is 3.25. The number of rotatable bonds is 4. The molecule has 5 heteroatoms. The molecule has 2 aromatic carbocycles. The van der Waals surface area contributed by atoms with E-state index in [1.165, 1.54) is 0 Å². The zero-order chi connectivity index (χ0) is 18.1. The van der Waals surface area contributed by atoms with Crippen LogP contribution >= 0.6 is 0 Å². The molecule has 0 saturated carbocycles. The third-order valence-electron chi connectivity index (χ3n) is 4.46. The van der Waals surface area contributed by atoms with Gasteiger partial charge in [0, 0.05) is 35.8 Å². The summed E-state index contributed by atoms with van der Waals surface area (Å²) < 4.78 is 10.8. The van der Waals surface area contributed by atoms with E-state index in [9.17, 15) is 5.11 Å². The summed E-state index contributed by atoms with van der Waals surface area (Å²) in [6, 6.07) is 11.1. The minimum absolute atomic E-state index is 0.236. The number of benzene rings is 2. The molecule has 1 N–H and O–H groups in total. The molecule has 0 spiro atoms. The van der Waals surface area contributed by atoms with E-state index in [1.807, 2.05) is 42.9 Å². The molecule has 0 bridgehead atoms. The maximum atomic E-state index is 9.70. The summed E-state index contributed by atoms with van der Waals surface area (Å²) in [4.78, 5) is 8.84. The molecule has 0 fully saturated rings. The van der Waals surface area contributed by atoms with Crippen molar-refractivity contribution in [3.05, 3.63) is 66.1 Å². The second-order valence-corrected chi connectivity index (χ2v) is 6.12. The lowest BCUT2D eigenvalue weighted by Crippen LogP contribution is -1.95. The van der Waals surface area contributed by atoms with Gasteiger partial charge >= 0.3 is 0 Å². The Morgan fingerprint density at radius 2 is 1.69 bits per heavy atom. The smallest absolute Gasteiger partial charge is 0.161 e. The van der Waals surface area contributed by atoms with Gasteiger partial charge < -0.3 is 14.6 Å². The van der Waals surface area contributed by atoms with Crippen LogP contribution in [-0.2, 0) is 6.42 Å². The Bertz CT molecular complexity index is 1110. The first-order valence-electron chi connectivity index (χ1n) is 8.24. The van der Waals surface area contributed by atoms with Crippen molar-refractivity contribution in [3.8, 4) is 17.2 Å². The highest BCUT2D eigenvalue weighted by Crippen LogP contribution is 2.34. The molecule has 0 aliphatic carbocycles. The van der Waals surface area contributed by atoms with Crippen LogP contribution in [0.1, 0.15) is 11.1 Å². The lowest BCUT2D eigenvalue weighted by atomic mass is 10.0. The van der Waals surface area contributed by atoms with E-state index in [0.717, 1.165) is 32.8 Å². The molecule has 0 saturated heterocycles. The number of aromatic nitrogens is 2. The molecule has 0 aliphatic rings. The summed E-state index contributed by atoms with van der Waals surface area (Å²) in [6.07, 6.45) is 6.22. The van der Waals surface area contributed by atoms with E-state index in [1.54, 1.807) is 26.4 Å². The van der Waals surface area contributed by atoms with Gasteiger partial charge in [-0.3, -0.25) is 9.97 Å². The SMILES string of the molecule is COc1cc2cncc(Cc3cnc4ccc(O)cc4c3)c2cc1OC. The van der Waals surface area contributed by atoms with Gasteiger partial charge in [-0.15, -0.1) is 0 Å². The topological polar surface area (TPSA) is 64.5 Å². The number of aromatic hydroxyl groups is 1. The average molecular weight is 346 g/mol. The first kappa shape index (κ1) is 16.1. The average Bonchev–Trinajstić information content (AvgIpc) is 2.66. The van der Waals surface area contributed by atoms with Crippen LogP contribution in [0.25, 0.3) is 21.7 Å². The molecule has 4 aromatic rings. The Balaban J connectivity index is 1.79. The van der Waals surface area contributed by atoms with Gasteiger partial charge in [-0.05, 0) is 52.9 Å². The van der Waals surface area contributed by atoms with Crippen LogP contribution in [0.3, 0.4) is 0 Å². The minimum Gasteiger partial charge on any atom is -0.508 e. The fourth-order valence-corrected chi connectivity index (χ4v) is 3.18. The van der Waals surface area contributed by atoms with Crippen molar-refractivity contribution in [1.82, 2.24) is 9.97 Å². The molecule has 2 aromatic heterocycles. The molecule has 0 atom stereocenters.